The Bertz CT molecular complexity index is 2220. The summed E-state index contributed by atoms with van der Waals surface area (Å²) in [7, 11) is 0. The lowest BCUT2D eigenvalue weighted by Gasteiger charge is -2.31. The largest absolute Gasteiger partial charge is 0.496 e. The molecule has 0 spiro atoms. The third kappa shape index (κ3) is 5.77. The zero-order valence-electron chi connectivity index (χ0n) is 31.5. The van der Waals surface area contributed by atoms with E-state index >= 15 is 0 Å². The summed E-state index contributed by atoms with van der Waals surface area (Å²) in [6.07, 6.45) is 2.52. The van der Waals surface area contributed by atoms with Crippen LogP contribution in [0.5, 0.6) is 23.0 Å². The molecule has 54 heavy (non-hydrogen) atoms. The van der Waals surface area contributed by atoms with E-state index in [1.807, 2.05) is 23.5 Å². The molecular formula is C40H46O9S5. The lowest BCUT2D eigenvalue weighted by Crippen LogP contribution is -2.37. The lowest BCUT2D eigenvalue weighted by atomic mass is 9.85. The maximum atomic E-state index is 6.60. The predicted octanol–water partition coefficient (Wildman–Crippen LogP) is 7.63. The fourth-order valence-electron chi connectivity index (χ4n) is 8.05. The van der Waals surface area contributed by atoms with Crippen LogP contribution >= 0.6 is 58.0 Å². The Balaban J connectivity index is 1.19. The Morgan fingerprint density at radius 2 is 1.11 bits per heavy atom. The second kappa shape index (κ2) is 13.8. The number of fused-ring (bicyclic) bond motifs is 3. The Labute approximate surface area is 336 Å². The lowest BCUT2D eigenvalue weighted by molar-refractivity contribution is -0.0949. The standard InChI is InChI=1S/C40H46O9S5/c1-7-40(5,6)38-28-27(48-17-18-49-28)36(54-38)35-26-25(46-15-16-47-26)34(52-35)33-24-23(44-13-14-45-24)32(51-33)31-22-21(42-11-12-43-22)30(50-31)29-19-9-8-10-41-20(19)37(53-29)39(2,3)4/h25-26,37-38H,7-18H2,1-6H3/b30-29+,32-31+,34-33+,36-35+. The van der Waals surface area contributed by atoms with Crippen molar-refractivity contribution in [2.75, 3.05) is 59.5 Å². The Hall–Kier alpha value is -2.07. The summed E-state index contributed by atoms with van der Waals surface area (Å²) in [4.78, 5) is 4.59. The highest BCUT2D eigenvalue weighted by Crippen LogP contribution is 2.59. The molecule has 0 bridgehead atoms. The van der Waals surface area contributed by atoms with Gasteiger partial charge in [0.1, 0.15) is 57.6 Å². The Kier molecular flexibility index (Phi) is 9.27. The molecule has 8 aliphatic heterocycles. The average Bonchev–Trinajstić information content (AvgIpc) is 4.01. The van der Waals surface area contributed by atoms with E-state index in [9.17, 15) is 0 Å². The van der Waals surface area contributed by atoms with Crippen molar-refractivity contribution in [2.45, 2.75) is 83.5 Å². The van der Waals surface area contributed by atoms with Crippen LogP contribution in [0.2, 0.25) is 0 Å². The number of hydrogen-bond donors (Lipinski definition) is 0. The molecule has 14 heteroatoms. The van der Waals surface area contributed by atoms with Crippen molar-refractivity contribution in [1.29, 1.82) is 0 Å². The van der Waals surface area contributed by atoms with E-state index in [-0.39, 0.29) is 33.5 Å². The average molecular weight is 831 g/mol. The van der Waals surface area contributed by atoms with Gasteiger partial charge in [0, 0.05) is 20.3 Å². The van der Waals surface area contributed by atoms with Crippen LogP contribution in [0.4, 0.5) is 0 Å². The highest BCUT2D eigenvalue weighted by atomic mass is 32.2. The first-order chi connectivity index (χ1) is 26.1. The van der Waals surface area contributed by atoms with Crippen LogP contribution in [-0.2, 0) is 23.7 Å². The van der Waals surface area contributed by atoms with E-state index in [1.54, 1.807) is 34.4 Å². The van der Waals surface area contributed by atoms with Crippen LogP contribution in [0.25, 0.3) is 9.81 Å². The summed E-state index contributed by atoms with van der Waals surface area (Å²) in [5.41, 5.74) is 1.39. The minimum atomic E-state index is -0.274. The van der Waals surface area contributed by atoms with Gasteiger partial charge in [-0.25, -0.2) is 0 Å². The molecule has 4 atom stereocenters. The first kappa shape index (κ1) is 36.3. The molecule has 2 saturated heterocycles. The van der Waals surface area contributed by atoms with Crippen LogP contribution in [0.3, 0.4) is 0 Å². The predicted molar refractivity (Wildman–Crippen MR) is 216 cm³/mol. The van der Waals surface area contributed by atoms with Crippen molar-refractivity contribution in [3.63, 3.8) is 0 Å². The number of rotatable bonds is 2. The van der Waals surface area contributed by atoms with E-state index in [0.29, 0.717) is 52.9 Å². The van der Waals surface area contributed by atoms with E-state index in [1.165, 1.54) is 10.5 Å². The summed E-state index contributed by atoms with van der Waals surface area (Å²) in [5, 5.41) is 0.406. The molecule has 0 aliphatic carbocycles. The van der Waals surface area contributed by atoms with Gasteiger partial charge < -0.3 is 42.6 Å². The highest BCUT2D eigenvalue weighted by Gasteiger charge is 2.50. The molecule has 290 valence electrons. The number of hydrogen-bond acceptors (Lipinski definition) is 14. The smallest absolute Gasteiger partial charge is 0.181 e. The van der Waals surface area contributed by atoms with Crippen LogP contribution < -0.4 is 28.0 Å². The number of ether oxygens (including phenoxy) is 9. The Morgan fingerprint density at radius 3 is 1.78 bits per heavy atom. The van der Waals surface area contributed by atoms with Crippen molar-refractivity contribution in [1.82, 2.24) is 0 Å². The molecule has 10 heterocycles. The molecular weight excluding hydrogens is 785 g/mol. The molecule has 2 aromatic heterocycles. The maximum Gasteiger partial charge on any atom is 0.181 e. The van der Waals surface area contributed by atoms with E-state index in [0.717, 1.165) is 99.0 Å². The van der Waals surface area contributed by atoms with Gasteiger partial charge in [0.25, 0.3) is 0 Å². The van der Waals surface area contributed by atoms with E-state index in [4.69, 9.17) is 42.6 Å². The van der Waals surface area contributed by atoms with Crippen molar-refractivity contribution in [2.24, 2.45) is 10.8 Å². The Morgan fingerprint density at radius 1 is 0.556 bits per heavy atom. The molecule has 0 N–H and O–H groups in total. The third-order valence-electron chi connectivity index (χ3n) is 11.1. The van der Waals surface area contributed by atoms with Gasteiger partial charge in [-0.1, -0.05) is 53.3 Å². The van der Waals surface area contributed by atoms with Gasteiger partial charge in [0.2, 0.25) is 0 Å². The van der Waals surface area contributed by atoms with Crippen molar-refractivity contribution in [3.8, 4) is 23.0 Å². The molecule has 2 fully saturated rings. The summed E-state index contributed by atoms with van der Waals surface area (Å²) in [6, 6.07) is 0. The molecule has 4 unspecified atom stereocenters. The number of thiophene rings is 2. The summed E-state index contributed by atoms with van der Waals surface area (Å²) in [6.45, 7) is 18.7. The first-order valence-electron chi connectivity index (χ1n) is 19.1. The third-order valence-corrected chi connectivity index (χ3v) is 18.9. The second-order valence-corrected chi connectivity index (χ2v) is 21.5. The van der Waals surface area contributed by atoms with Crippen molar-refractivity contribution < 1.29 is 42.6 Å². The SMILES string of the molecule is CCC(C)(C)C1S/C(=C2/S/C(=c3/s/c(=c4/s/c(=C5/SC(C(C)(C)C)C6=C5CCCO6)c5c4OCCO5)c4c3OCCO4)C3OCCOC23)C2=C1OCCO2. The fourth-order valence-corrected chi connectivity index (χ4v) is 15.5. The molecule has 0 saturated carbocycles. The van der Waals surface area contributed by atoms with Gasteiger partial charge in [-0.05, 0) is 30.1 Å². The van der Waals surface area contributed by atoms with E-state index in [2.05, 4.69) is 41.5 Å². The van der Waals surface area contributed by atoms with Gasteiger partial charge in [0.15, 0.2) is 34.5 Å². The van der Waals surface area contributed by atoms with Gasteiger partial charge in [-0.15, -0.1) is 46.2 Å². The molecule has 8 aliphatic rings. The minimum Gasteiger partial charge on any atom is -0.496 e. The minimum absolute atomic E-state index is 0.0237. The monoisotopic (exact) mass is 830 g/mol. The summed E-state index contributed by atoms with van der Waals surface area (Å²) < 4.78 is 62.5. The van der Waals surface area contributed by atoms with Gasteiger partial charge >= 0.3 is 0 Å². The first-order valence-corrected chi connectivity index (χ1v) is 23.3. The maximum absolute atomic E-state index is 6.60. The fraction of sp³-hybridized carbons (Fsp3) is 0.600. The van der Waals surface area contributed by atoms with Crippen molar-refractivity contribution >= 4 is 67.8 Å². The van der Waals surface area contributed by atoms with Crippen molar-refractivity contribution in [3.05, 3.63) is 50.8 Å². The van der Waals surface area contributed by atoms with Gasteiger partial charge in [-0.3, -0.25) is 0 Å². The van der Waals surface area contributed by atoms with Crippen LogP contribution in [0.15, 0.2) is 32.7 Å². The molecule has 2 aromatic rings. The highest BCUT2D eigenvalue weighted by molar-refractivity contribution is 8.13. The van der Waals surface area contributed by atoms with Crippen LogP contribution in [-0.4, -0.2) is 82.2 Å². The van der Waals surface area contributed by atoms with Gasteiger partial charge in [-0.2, -0.15) is 0 Å². The zero-order valence-corrected chi connectivity index (χ0v) is 35.6. The second-order valence-electron chi connectivity index (χ2n) is 16.2. The van der Waals surface area contributed by atoms with Crippen LogP contribution in [0, 0.1) is 19.9 Å². The number of thioether (sulfide) groups is 3. The molecule has 0 amide bonds. The quantitative estimate of drug-likeness (QED) is 0.299. The molecule has 10 rings (SSSR count). The molecule has 0 aromatic carbocycles. The summed E-state index contributed by atoms with van der Waals surface area (Å²) in [5.74, 6) is 6.13. The zero-order chi connectivity index (χ0) is 36.9. The molecule has 0 radical (unpaired) electrons. The van der Waals surface area contributed by atoms with E-state index < -0.39 is 0 Å². The topological polar surface area (TPSA) is 83.1 Å². The molecule has 9 nitrogen and oxygen atoms in total. The summed E-state index contributed by atoms with van der Waals surface area (Å²) >= 11 is 8.95. The normalized spacial score (nSPS) is 31.8. The van der Waals surface area contributed by atoms with Crippen LogP contribution in [0.1, 0.15) is 60.8 Å². The van der Waals surface area contributed by atoms with Gasteiger partial charge in [0.05, 0.1) is 53.4 Å².